The number of rotatable bonds is 3. The third-order valence-corrected chi connectivity index (χ3v) is 4.39. The Morgan fingerprint density at radius 1 is 1.08 bits per heavy atom. The molecule has 0 unspecified atom stereocenters. The van der Waals surface area contributed by atoms with Gasteiger partial charge < -0.3 is 14.5 Å². The summed E-state index contributed by atoms with van der Waals surface area (Å²) in [5, 5.41) is 0.532. The molecule has 3 rings (SSSR count). The fraction of sp³-hybridized carbons (Fsp3) is 0.278. The van der Waals surface area contributed by atoms with Gasteiger partial charge in [0.25, 0.3) is 5.91 Å². The molecule has 2 aromatic rings. The number of anilines is 1. The van der Waals surface area contributed by atoms with E-state index < -0.39 is 0 Å². The van der Waals surface area contributed by atoms with E-state index in [0.717, 1.165) is 5.69 Å². The van der Waals surface area contributed by atoms with E-state index in [-0.39, 0.29) is 11.7 Å². The zero-order valence-electron chi connectivity index (χ0n) is 13.3. The molecule has 1 aliphatic rings. The molecule has 1 fully saturated rings. The Labute approximate surface area is 145 Å². The maximum absolute atomic E-state index is 13.0. The molecule has 0 bridgehead atoms. The third-order valence-electron chi connectivity index (χ3n) is 4.15. The second-order valence-corrected chi connectivity index (χ2v) is 6.04. The van der Waals surface area contributed by atoms with E-state index in [4.69, 9.17) is 16.3 Å². The van der Waals surface area contributed by atoms with Crippen LogP contribution >= 0.6 is 11.6 Å². The van der Waals surface area contributed by atoms with Gasteiger partial charge in [0.15, 0.2) is 0 Å². The van der Waals surface area contributed by atoms with Crippen LogP contribution in [0.3, 0.4) is 0 Å². The summed E-state index contributed by atoms with van der Waals surface area (Å²) < 4.78 is 18.3. The van der Waals surface area contributed by atoms with Crippen LogP contribution in [0.15, 0.2) is 42.5 Å². The average molecular weight is 349 g/mol. The highest BCUT2D eigenvalue weighted by Crippen LogP contribution is 2.25. The maximum Gasteiger partial charge on any atom is 0.257 e. The van der Waals surface area contributed by atoms with Gasteiger partial charge in [-0.2, -0.15) is 0 Å². The van der Waals surface area contributed by atoms with Gasteiger partial charge in [-0.1, -0.05) is 11.6 Å². The van der Waals surface area contributed by atoms with E-state index in [1.165, 1.54) is 19.2 Å². The van der Waals surface area contributed by atoms with Crippen molar-refractivity contribution >= 4 is 23.2 Å². The fourth-order valence-electron chi connectivity index (χ4n) is 2.83. The summed E-state index contributed by atoms with van der Waals surface area (Å²) in [6.45, 7) is 2.60. The number of ether oxygens (including phenoxy) is 1. The molecule has 1 heterocycles. The fourth-order valence-corrected chi connectivity index (χ4v) is 2.99. The summed E-state index contributed by atoms with van der Waals surface area (Å²) in [6.07, 6.45) is 0. The molecule has 0 atom stereocenters. The van der Waals surface area contributed by atoms with Crippen LogP contribution < -0.4 is 9.64 Å². The number of amides is 1. The van der Waals surface area contributed by atoms with Crippen LogP contribution in [0.25, 0.3) is 0 Å². The number of carbonyl (C=O) groups is 1. The first-order valence-corrected chi connectivity index (χ1v) is 8.09. The molecular formula is C18H18ClFN2O2. The number of nitrogens with zero attached hydrogens (tertiary/aromatic N) is 2. The van der Waals surface area contributed by atoms with Gasteiger partial charge in [0.2, 0.25) is 0 Å². The summed E-state index contributed by atoms with van der Waals surface area (Å²) in [4.78, 5) is 16.7. The van der Waals surface area contributed by atoms with Crippen LogP contribution in [0, 0.1) is 5.82 Å². The van der Waals surface area contributed by atoms with E-state index in [9.17, 15) is 9.18 Å². The van der Waals surface area contributed by atoms with Crippen molar-refractivity contribution in [2.45, 2.75) is 0 Å². The van der Waals surface area contributed by atoms with Crippen LogP contribution in [0.1, 0.15) is 10.4 Å². The first-order valence-electron chi connectivity index (χ1n) is 7.72. The van der Waals surface area contributed by atoms with Crippen molar-refractivity contribution in [1.29, 1.82) is 0 Å². The highest BCUT2D eigenvalue weighted by Gasteiger charge is 2.24. The highest BCUT2D eigenvalue weighted by atomic mass is 35.5. The molecule has 0 N–H and O–H groups in total. The van der Waals surface area contributed by atoms with Gasteiger partial charge in [0, 0.05) is 36.9 Å². The minimum atomic E-state index is -0.248. The molecule has 4 nitrogen and oxygen atoms in total. The summed E-state index contributed by atoms with van der Waals surface area (Å²) in [5.74, 6) is 0.165. The molecule has 1 saturated heterocycles. The van der Waals surface area contributed by atoms with Crippen molar-refractivity contribution in [3.8, 4) is 5.75 Å². The van der Waals surface area contributed by atoms with Crippen LogP contribution in [0.4, 0.5) is 10.1 Å². The van der Waals surface area contributed by atoms with Crippen molar-refractivity contribution < 1.29 is 13.9 Å². The summed E-state index contributed by atoms with van der Waals surface area (Å²) in [6, 6.07) is 11.4. The SMILES string of the molecule is COc1cc(Cl)ccc1C(=O)N1CCN(c2ccc(F)cc2)CC1. The maximum atomic E-state index is 13.0. The van der Waals surface area contributed by atoms with E-state index in [2.05, 4.69) is 4.90 Å². The number of piperazine rings is 1. The standard InChI is InChI=1S/C18H18ClFN2O2/c1-24-17-12-13(19)2-7-16(17)18(23)22-10-8-21(9-11-22)15-5-3-14(20)4-6-15/h2-7,12H,8-11H2,1H3. The predicted octanol–water partition coefficient (Wildman–Crippen LogP) is 3.45. The van der Waals surface area contributed by atoms with E-state index in [0.29, 0.717) is 42.5 Å². The van der Waals surface area contributed by atoms with Gasteiger partial charge in [-0.15, -0.1) is 0 Å². The summed E-state index contributed by atoms with van der Waals surface area (Å²) >= 11 is 5.95. The molecule has 0 radical (unpaired) electrons. The van der Waals surface area contributed by atoms with Gasteiger partial charge in [0.1, 0.15) is 11.6 Å². The zero-order chi connectivity index (χ0) is 17.1. The van der Waals surface area contributed by atoms with Crippen LogP contribution in [0.2, 0.25) is 5.02 Å². The molecule has 0 saturated carbocycles. The van der Waals surface area contributed by atoms with Crippen LogP contribution in [-0.2, 0) is 0 Å². The molecule has 126 valence electrons. The molecule has 6 heteroatoms. The second kappa shape index (κ2) is 7.09. The Bertz CT molecular complexity index is 728. The normalized spacial score (nSPS) is 14.6. The molecule has 1 aliphatic heterocycles. The topological polar surface area (TPSA) is 32.8 Å². The Hall–Kier alpha value is -2.27. The lowest BCUT2D eigenvalue weighted by Gasteiger charge is -2.36. The lowest BCUT2D eigenvalue weighted by atomic mass is 10.1. The molecule has 0 aliphatic carbocycles. The van der Waals surface area contributed by atoms with Gasteiger partial charge in [-0.25, -0.2) is 4.39 Å². The smallest absolute Gasteiger partial charge is 0.257 e. The lowest BCUT2D eigenvalue weighted by Crippen LogP contribution is -2.48. The molecule has 24 heavy (non-hydrogen) atoms. The van der Waals surface area contributed by atoms with Gasteiger partial charge in [0.05, 0.1) is 12.7 Å². The number of halogens is 2. The quantitative estimate of drug-likeness (QED) is 0.851. The Balaban J connectivity index is 1.68. The Morgan fingerprint density at radius 3 is 2.38 bits per heavy atom. The third kappa shape index (κ3) is 3.46. The summed E-state index contributed by atoms with van der Waals surface area (Å²) in [7, 11) is 1.52. The largest absolute Gasteiger partial charge is 0.496 e. The van der Waals surface area contributed by atoms with E-state index in [1.54, 1.807) is 35.2 Å². The predicted molar refractivity (Wildman–Crippen MR) is 92.5 cm³/mol. The van der Waals surface area contributed by atoms with Crippen molar-refractivity contribution in [3.05, 3.63) is 58.9 Å². The lowest BCUT2D eigenvalue weighted by molar-refractivity contribution is 0.0743. The Kier molecular flexibility index (Phi) is 4.90. The number of methoxy groups -OCH3 is 1. The first kappa shape index (κ1) is 16.6. The summed E-state index contributed by atoms with van der Waals surface area (Å²) in [5.41, 5.74) is 1.48. The minimum absolute atomic E-state index is 0.0673. The molecule has 0 spiro atoms. The second-order valence-electron chi connectivity index (χ2n) is 5.60. The van der Waals surface area contributed by atoms with Gasteiger partial charge in [-0.3, -0.25) is 4.79 Å². The Morgan fingerprint density at radius 2 is 1.75 bits per heavy atom. The first-order chi connectivity index (χ1) is 11.6. The van der Waals surface area contributed by atoms with Crippen molar-refractivity contribution in [2.24, 2.45) is 0 Å². The van der Waals surface area contributed by atoms with Crippen LogP contribution in [-0.4, -0.2) is 44.1 Å². The molecule has 0 aromatic heterocycles. The zero-order valence-corrected chi connectivity index (χ0v) is 14.1. The van der Waals surface area contributed by atoms with Crippen molar-refractivity contribution in [1.82, 2.24) is 4.90 Å². The number of hydrogen-bond acceptors (Lipinski definition) is 3. The monoisotopic (exact) mass is 348 g/mol. The molecule has 2 aromatic carbocycles. The molecular weight excluding hydrogens is 331 g/mol. The highest BCUT2D eigenvalue weighted by molar-refractivity contribution is 6.30. The molecule has 1 amide bonds. The van der Waals surface area contributed by atoms with E-state index >= 15 is 0 Å². The van der Waals surface area contributed by atoms with E-state index in [1.807, 2.05) is 0 Å². The average Bonchev–Trinajstić information content (AvgIpc) is 2.62. The van der Waals surface area contributed by atoms with Gasteiger partial charge in [-0.05, 0) is 42.5 Å². The number of carbonyl (C=O) groups excluding carboxylic acids is 1. The van der Waals surface area contributed by atoms with Gasteiger partial charge >= 0.3 is 0 Å². The van der Waals surface area contributed by atoms with Crippen LogP contribution in [0.5, 0.6) is 5.75 Å². The van der Waals surface area contributed by atoms with Crippen molar-refractivity contribution in [2.75, 3.05) is 38.2 Å². The number of hydrogen-bond donors (Lipinski definition) is 0. The van der Waals surface area contributed by atoms with Crippen molar-refractivity contribution in [3.63, 3.8) is 0 Å². The minimum Gasteiger partial charge on any atom is -0.496 e. The number of benzene rings is 2.